The van der Waals surface area contributed by atoms with Gasteiger partial charge in [-0.25, -0.2) is 4.68 Å². The lowest BCUT2D eigenvalue weighted by Crippen LogP contribution is -2.38. The zero-order chi connectivity index (χ0) is 19.7. The van der Waals surface area contributed by atoms with Gasteiger partial charge in [0, 0.05) is 24.5 Å². The van der Waals surface area contributed by atoms with Gasteiger partial charge in [0.2, 0.25) is 5.88 Å². The van der Waals surface area contributed by atoms with Gasteiger partial charge in [0.15, 0.2) is 12.3 Å². The number of fused-ring (bicyclic) bond motifs is 1. The molecule has 146 valence electrons. The molecule has 1 saturated heterocycles. The predicted octanol–water partition coefficient (Wildman–Crippen LogP) is 3.74. The minimum atomic E-state index is 0.0234. The number of likely N-dealkylation sites (tertiary alicyclic amines) is 1. The molecule has 0 spiro atoms. The zero-order valence-corrected chi connectivity index (χ0v) is 16.7. The molecule has 3 aromatic rings. The second-order valence-electron chi connectivity index (χ2n) is 7.54. The number of pyridine rings is 1. The summed E-state index contributed by atoms with van der Waals surface area (Å²) >= 11 is 0. The molecule has 1 fully saturated rings. The first-order chi connectivity index (χ1) is 13.5. The molecule has 1 aliphatic heterocycles. The largest absolute Gasteiger partial charge is 0.467 e. The van der Waals surface area contributed by atoms with Crippen LogP contribution in [-0.2, 0) is 4.79 Å². The van der Waals surface area contributed by atoms with Crippen LogP contribution in [0.5, 0.6) is 5.88 Å². The van der Waals surface area contributed by atoms with Crippen molar-refractivity contribution in [3.63, 3.8) is 0 Å². The molecule has 0 unspecified atom stereocenters. The highest BCUT2D eigenvalue weighted by Crippen LogP contribution is 2.27. The quantitative estimate of drug-likeness (QED) is 0.694. The summed E-state index contributed by atoms with van der Waals surface area (Å²) in [5.74, 6) is 0.492. The Labute approximate surface area is 165 Å². The Morgan fingerprint density at radius 1 is 1.07 bits per heavy atom. The van der Waals surface area contributed by atoms with E-state index in [1.165, 1.54) is 12.0 Å². The third-order valence-electron chi connectivity index (χ3n) is 5.32. The van der Waals surface area contributed by atoms with Gasteiger partial charge in [0.1, 0.15) is 0 Å². The lowest BCUT2D eigenvalue weighted by molar-refractivity contribution is -0.134. The number of benzene rings is 1. The summed E-state index contributed by atoms with van der Waals surface area (Å²) in [6.07, 6.45) is 3.35. The Kier molecular flexibility index (Phi) is 5.03. The van der Waals surface area contributed by atoms with Gasteiger partial charge in [-0.15, -0.1) is 0 Å². The molecule has 3 heterocycles. The average Bonchev–Trinajstić information content (AvgIpc) is 3.04. The molecule has 1 amide bonds. The molecule has 0 radical (unpaired) electrons. The number of amides is 1. The molecule has 6 heteroatoms. The highest BCUT2D eigenvalue weighted by Gasteiger charge is 2.19. The molecule has 0 saturated carbocycles. The maximum atomic E-state index is 12.4. The monoisotopic (exact) mass is 378 g/mol. The third kappa shape index (κ3) is 3.59. The Bertz CT molecular complexity index is 1000. The molecule has 0 N–H and O–H groups in total. The van der Waals surface area contributed by atoms with Crippen molar-refractivity contribution >= 4 is 16.9 Å². The summed E-state index contributed by atoms with van der Waals surface area (Å²) in [5.41, 5.74) is 4.87. The standard InChI is InChI=1S/C22H26N4O2/c1-15-7-9-18(10-8-15)26-22-21(17(3)24-26)16(2)13-19(23-22)28-14-20(27)25-11-5-4-6-12-25/h7-10,13H,4-6,11-12,14H2,1-3H3. The normalized spacial score (nSPS) is 14.5. The van der Waals surface area contributed by atoms with E-state index in [9.17, 15) is 4.79 Å². The number of hydrogen-bond donors (Lipinski definition) is 0. The maximum Gasteiger partial charge on any atom is 0.260 e. The van der Waals surface area contributed by atoms with Gasteiger partial charge in [0.05, 0.1) is 11.4 Å². The number of rotatable bonds is 4. The summed E-state index contributed by atoms with van der Waals surface area (Å²) in [6, 6.07) is 10.1. The number of aryl methyl sites for hydroxylation is 3. The van der Waals surface area contributed by atoms with Crippen LogP contribution >= 0.6 is 0 Å². The second kappa shape index (κ2) is 7.62. The van der Waals surface area contributed by atoms with Crippen molar-refractivity contribution < 1.29 is 9.53 Å². The average molecular weight is 378 g/mol. The number of carbonyl (C=O) groups is 1. The number of aromatic nitrogens is 3. The van der Waals surface area contributed by atoms with Crippen LogP contribution < -0.4 is 4.74 Å². The van der Waals surface area contributed by atoms with Crippen LogP contribution in [-0.4, -0.2) is 45.3 Å². The van der Waals surface area contributed by atoms with Crippen LogP contribution in [0.15, 0.2) is 30.3 Å². The maximum absolute atomic E-state index is 12.4. The van der Waals surface area contributed by atoms with E-state index >= 15 is 0 Å². The first-order valence-corrected chi connectivity index (χ1v) is 9.87. The van der Waals surface area contributed by atoms with Crippen molar-refractivity contribution in [2.45, 2.75) is 40.0 Å². The van der Waals surface area contributed by atoms with Gasteiger partial charge >= 0.3 is 0 Å². The lowest BCUT2D eigenvalue weighted by Gasteiger charge is -2.26. The highest BCUT2D eigenvalue weighted by atomic mass is 16.5. The van der Waals surface area contributed by atoms with Crippen molar-refractivity contribution in [3.8, 4) is 11.6 Å². The van der Waals surface area contributed by atoms with Gasteiger partial charge in [0.25, 0.3) is 5.91 Å². The van der Waals surface area contributed by atoms with E-state index in [1.54, 1.807) is 0 Å². The third-order valence-corrected chi connectivity index (χ3v) is 5.32. The van der Waals surface area contributed by atoms with Crippen LogP contribution in [0.4, 0.5) is 0 Å². The summed E-state index contributed by atoms with van der Waals surface area (Å²) < 4.78 is 7.63. The first kappa shape index (κ1) is 18.5. The smallest absolute Gasteiger partial charge is 0.260 e. The van der Waals surface area contributed by atoms with Crippen LogP contribution in [0.3, 0.4) is 0 Å². The fourth-order valence-corrected chi connectivity index (χ4v) is 3.78. The Hall–Kier alpha value is -2.89. The van der Waals surface area contributed by atoms with Crippen molar-refractivity contribution in [2.75, 3.05) is 19.7 Å². The predicted molar refractivity (Wildman–Crippen MR) is 109 cm³/mol. The summed E-state index contributed by atoms with van der Waals surface area (Å²) in [7, 11) is 0. The number of nitrogens with zero attached hydrogens (tertiary/aromatic N) is 4. The van der Waals surface area contributed by atoms with Gasteiger partial charge < -0.3 is 9.64 Å². The van der Waals surface area contributed by atoms with Crippen LogP contribution in [0.2, 0.25) is 0 Å². The molecule has 28 heavy (non-hydrogen) atoms. The van der Waals surface area contributed by atoms with Gasteiger partial charge in [-0.1, -0.05) is 17.7 Å². The van der Waals surface area contributed by atoms with E-state index in [-0.39, 0.29) is 12.5 Å². The molecule has 4 rings (SSSR count). The Morgan fingerprint density at radius 3 is 2.50 bits per heavy atom. The molecule has 1 aromatic carbocycles. The van der Waals surface area contributed by atoms with Gasteiger partial charge in [-0.2, -0.15) is 10.1 Å². The minimum Gasteiger partial charge on any atom is -0.467 e. The molecular weight excluding hydrogens is 352 g/mol. The number of hydrogen-bond acceptors (Lipinski definition) is 4. The zero-order valence-electron chi connectivity index (χ0n) is 16.7. The van der Waals surface area contributed by atoms with E-state index in [4.69, 9.17) is 4.74 Å². The van der Waals surface area contributed by atoms with Gasteiger partial charge in [-0.05, 0) is 57.7 Å². The van der Waals surface area contributed by atoms with E-state index in [2.05, 4.69) is 29.1 Å². The van der Waals surface area contributed by atoms with Crippen LogP contribution in [0, 0.1) is 20.8 Å². The summed E-state index contributed by atoms with van der Waals surface area (Å²) in [5, 5.41) is 5.71. The topological polar surface area (TPSA) is 60.3 Å². The Balaban J connectivity index is 1.62. The highest BCUT2D eigenvalue weighted by molar-refractivity contribution is 5.84. The first-order valence-electron chi connectivity index (χ1n) is 9.87. The van der Waals surface area contributed by atoms with Crippen molar-refractivity contribution in [1.29, 1.82) is 0 Å². The number of piperidine rings is 1. The number of carbonyl (C=O) groups excluding carboxylic acids is 1. The minimum absolute atomic E-state index is 0.0234. The SMILES string of the molecule is Cc1ccc(-n2nc(C)c3c(C)cc(OCC(=O)N4CCCCC4)nc32)cc1. The fraction of sp³-hybridized carbons (Fsp3) is 0.409. The molecule has 1 aliphatic rings. The van der Waals surface area contributed by atoms with Crippen LogP contribution in [0.1, 0.15) is 36.1 Å². The van der Waals surface area contributed by atoms with E-state index in [1.807, 2.05) is 41.6 Å². The van der Waals surface area contributed by atoms with Gasteiger partial charge in [-0.3, -0.25) is 4.79 Å². The second-order valence-corrected chi connectivity index (χ2v) is 7.54. The summed E-state index contributed by atoms with van der Waals surface area (Å²) in [6.45, 7) is 7.75. The van der Waals surface area contributed by atoms with E-state index in [0.717, 1.165) is 53.9 Å². The Morgan fingerprint density at radius 2 is 1.79 bits per heavy atom. The molecular formula is C22H26N4O2. The molecule has 0 aliphatic carbocycles. The number of ether oxygens (including phenoxy) is 1. The van der Waals surface area contributed by atoms with Crippen molar-refractivity contribution in [2.24, 2.45) is 0 Å². The molecule has 0 bridgehead atoms. The lowest BCUT2D eigenvalue weighted by atomic mass is 10.1. The summed E-state index contributed by atoms with van der Waals surface area (Å²) in [4.78, 5) is 19.0. The van der Waals surface area contributed by atoms with Crippen LogP contribution in [0.25, 0.3) is 16.7 Å². The van der Waals surface area contributed by atoms with E-state index < -0.39 is 0 Å². The molecule has 0 atom stereocenters. The molecule has 6 nitrogen and oxygen atoms in total. The van der Waals surface area contributed by atoms with Crippen molar-refractivity contribution in [3.05, 3.63) is 47.2 Å². The van der Waals surface area contributed by atoms with Crippen molar-refractivity contribution in [1.82, 2.24) is 19.7 Å². The molecule has 2 aromatic heterocycles. The van der Waals surface area contributed by atoms with E-state index in [0.29, 0.717) is 5.88 Å². The fourth-order valence-electron chi connectivity index (χ4n) is 3.78.